The van der Waals surface area contributed by atoms with Gasteiger partial charge in [0.1, 0.15) is 11.5 Å². The average molecular weight is 410 g/mol. The maximum absolute atomic E-state index is 11.5. The van der Waals surface area contributed by atoms with Crippen LogP contribution in [0.2, 0.25) is 0 Å². The lowest BCUT2D eigenvalue weighted by molar-refractivity contribution is -0.384. The Morgan fingerprint density at radius 2 is 1.52 bits per heavy atom. The second kappa shape index (κ2) is 7.18. The van der Waals surface area contributed by atoms with E-state index < -0.39 is 10.8 Å². The smallest absolute Gasteiger partial charge is 0.270 e. The molecule has 1 atom stereocenters. The third-order valence-electron chi connectivity index (χ3n) is 5.70. The molecule has 0 aliphatic heterocycles. The van der Waals surface area contributed by atoms with E-state index in [1.54, 1.807) is 6.07 Å². The quantitative estimate of drug-likeness (QED) is 0.257. The van der Waals surface area contributed by atoms with Crippen LogP contribution in [0.25, 0.3) is 21.7 Å². The van der Waals surface area contributed by atoms with Gasteiger partial charge < -0.3 is 15.2 Å². The fraction of sp³-hybridized carbons (Fsp3) is 0.0400. The molecule has 0 amide bonds. The Morgan fingerprint density at radius 3 is 2.32 bits per heavy atom. The van der Waals surface area contributed by atoms with Gasteiger partial charge in [-0.05, 0) is 34.5 Å². The number of hydrogen-bond acceptors (Lipinski definition) is 4. The summed E-state index contributed by atoms with van der Waals surface area (Å²) >= 11 is 0. The molecule has 0 aliphatic carbocycles. The van der Waals surface area contributed by atoms with Gasteiger partial charge in [-0.15, -0.1) is 0 Å². The van der Waals surface area contributed by atoms with Crippen molar-refractivity contribution in [3.8, 4) is 11.5 Å². The molecule has 0 saturated carbocycles. The molecule has 0 spiro atoms. The number of phenols is 2. The molecule has 152 valence electrons. The number of fused-ring (bicyclic) bond motifs is 2. The molecule has 3 N–H and O–H groups in total. The summed E-state index contributed by atoms with van der Waals surface area (Å²) in [5.74, 6) is -0.657. The van der Waals surface area contributed by atoms with E-state index in [0.29, 0.717) is 11.1 Å². The lowest BCUT2D eigenvalue weighted by atomic mass is 9.81. The van der Waals surface area contributed by atoms with E-state index in [1.807, 2.05) is 60.8 Å². The maximum Gasteiger partial charge on any atom is 0.270 e. The molecule has 5 aromatic rings. The van der Waals surface area contributed by atoms with E-state index in [1.165, 1.54) is 18.2 Å². The van der Waals surface area contributed by atoms with Crippen LogP contribution in [0, 0.1) is 10.1 Å². The molecule has 0 bridgehead atoms. The number of nitrogens with zero attached hydrogens (tertiary/aromatic N) is 1. The van der Waals surface area contributed by atoms with Crippen molar-refractivity contribution < 1.29 is 15.1 Å². The third-order valence-corrected chi connectivity index (χ3v) is 5.70. The second-order valence-corrected chi connectivity index (χ2v) is 7.44. The van der Waals surface area contributed by atoms with Gasteiger partial charge in [0.05, 0.1) is 4.92 Å². The lowest BCUT2D eigenvalue weighted by Gasteiger charge is -2.22. The van der Waals surface area contributed by atoms with E-state index in [0.717, 1.165) is 27.2 Å². The first kappa shape index (κ1) is 18.7. The number of non-ortho nitro benzene ring substituents is 1. The number of benzene rings is 4. The molecule has 0 aliphatic rings. The van der Waals surface area contributed by atoms with Crippen molar-refractivity contribution in [1.29, 1.82) is 0 Å². The molecule has 6 heteroatoms. The maximum atomic E-state index is 11.5. The van der Waals surface area contributed by atoms with Gasteiger partial charge in [-0.2, -0.15) is 0 Å². The van der Waals surface area contributed by atoms with Crippen LogP contribution >= 0.6 is 0 Å². The van der Waals surface area contributed by atoms with Crippen molar-refractivity contribution in [2.45, 2.75) is 5.92 Å². The number of para-hydroxylation sites is 1. The zero-order valence-electron chi connectivity index (χ0n) is 16.3. The number of nitro benzene ring substituents is 1. The number of nitrogens with one attached hydrogen (secondary N) is 1. The van der Waals surface area contributed by atoms with Gasteiger partial charge in [-0.3, -0.25) is 10.1 Å². The summed E-state index contributed by atoms with van der Waals surface area (Å²) in [6, 6.07) is 22.8. The van der Waals surface area contributed by atoms with E-state index in [4.69, 9.17) is 0 Å². The number of phenolic OH excluding ortho intramolecular Hbond substituents is 2. The fourth-order valence-corrected chi connectivity index (χ4v) is 4.29. The van der Waals surface area contributed by atoms with Crippen molar-refractivity contribution in [2.24, 2.45) is 0 Å². The summed E-state index contributed by atoms with van der Waals surface area (Å²) in [5, 5.41) is 35.8. The minimum absolute atomic E-state index is 0.0555. The van der Waals surface area contributed by atoms with Crippen LogP contribution in [0.4, 0.5) is 5.69 Å². The number of aromatic amines is 1. The summed E-state index contributed by atoms with van der Waals surface area (Å²) in [4.78, 5) is 14.2. The Morgan fingerprint density at radius 1 is 0.806 bits per heavy atom. The molecule has 6 nitrogen and oxygen atoms in total. The Kier molecular flexibility index (Phi) is 4.33. The Balaban J connectivity index is 1.90. The Labute approximate surface area is 177 Å². The summed E-state index contributed by atoms with van der Waals surface area (Å²) in [6.45, 7) is 0. The summed E-state index contributed by atoms with van der Waals surface area (Å²) in [5.41, 5.74) is 2.51. The van der Waals surface area contributed by atoms with Gasteiger partial charge in [-0.25, -0.2) is 0 Å². The second-order valence-electron chi connectivity index (χ2n) is 7.44. The molecule has 5 rings (SSSR count). The average Bonchev–Trinajstić information content (AvgIpc) is 3.20. The molecule has 0 saturated heterocycles. The van der Waals surface area contributed by atoms with Crippen LogP contribution in [0.3, 0.4) is 0 Å². The monoisotopic (exact) mass is 410 g/mol. The van der Waals surface area contributed by atoms with Crippen LogP contribution in [0.15, 0.2) is 85.1 Å². The summed E-state index contributed by atoms with van der Waals surface area (Å²) < 4.78 is 0. The molecule has 4 aromatic carbocycles. The molecule has 31 heavy (non-hydrogen) atoms. The summed E-state index contributed by atoms with van der Waals surface area (Å²) in [7, 11) is 0. The van der Waals surface area contributed by atoms with E-state index in [9.17, 15) is 20.3 Å². The van der Waals surface area contributed by atoms with Crippen molar-refractivity contribution in [2.75, 3.05) is 0 Å². The van der Waals surface area contributed by atoms with Crippen LogP contribution in [0.5, 0.6) is 11.5 Å². The Bertz CT molecular complexity index is 1450. The minimum Gasteiger partial charge on any atom is -0.508 e. The van der Waals surface area contributed by atoms with Crippen LogP contribution < -0.4 is 0 Å². The first-order chi connectivity index (χ1) is 15.0. The normalized spacial score (nSPS) is 12.3. The molecule has 1 heterocycles. The highest BCUT2D eigenvalue weighted by atomic mass is 16.6. The Hall–Kier alpha value is -4.32. The topological polar surface area (TPSA) is 99.4 Å². The van der Waals surface area contributed by atoms with Crippen LogP contribution in [-0.4, -0.2) is 20.1 Å². The predicted octanol–water partition coefficient (Wildman–Crippen LogP) is 5.82. The highest BCUT2D eigenvalue weighted by molar-refractivity contribution is 5.92. The molecule has 0 radical (unpaired) electrons. The van der Waals surface area contributed by atoms with Gasteiger partial charge >= 0.3 is 0 Å². The van der Waals surface area contributed by atoms with Crippen molar-refractivity contribution in [3.05, 3.63) is 112 Å². The lowest BCUT2D eigenvalue weighted by Crippen LogP contribution is -2.06. The largest absolute Gasteiger partial charge is 0.508 e. The SMILES string of the molecule is O=[N+]([O-])c1ccc(O)c(C(c2c(O)ccc3ccccc23)c2c[nH]c3ccccc23)c1. The minimum atomic E-state index is -0.637. The zero-order chi connectivity index (χ0) is 21.5. The first-order valence-corrected chi connectivity index (χ1v) is 9.78. The molecular formula is C25H18N2O4. The van der Waals surface area contributed by atoms with Crippen LogP contribution in [0.1, 0.15) is 22.6 Å². The summed E-state index contributed by atoms with van der Waals surface area (Å²) in [6.07, 6.45) is 1.83. The van der Waals surface area contributed by atoms with Gasteiger partial charge in [0.2, 0.25) is 0 Å². The van der Waals surface area contributed by atoms with Gasteiger partial charge in [0.25, 0.3) is 5.69 Å². The molecular weight excluding hydrogens is 392 g/mol. The highest BCUT2D eigenvalue weighted by Gasteiger charge is 2.28. The molecule has 0 fully saturated rings. The van der Waals surface area contributed by atoms with Crippen molar-refractivity contribution >= 4 is 27.4 Å². The predicted molar refractivity (Wildman–Crippen MR) is 120 cm³/mol. The van der Waals surface area contributed by atoms with Gasteiger partial charge in [0, 0.05) is 46.3 Å². The molecule has 1 aromatic heterocycles. The third kappa shape index (κ3) is 3.05. The number of nitro groups is 1. The van der Waals surface area contributed by atoms with E-state index in [2.05, 4.69) is 4.98 Å². The number of aromatic hydroxyl groups is 2. The number of rotatable bonds is 4. The highest BCUT2D eigenvalue weighted by Crippen LogP contribution is 2.46. The van der Waals surface area contributed by atoms with Crippen molar-refractivity contribution in [1.82, 2.24) is 4.98 Å². The van der Waals surface area contributed by atoms with E-state index >= 15 is 0 Å². The first-order valence-electron chi connectivity index (χ1n) is 9.78. The van der Waals surface area contributed by atoms with Crippen LogP contribution in [-0.2, 0) is 0 Å². The number of hydrogen-bond donors (Lipinski definition) is 3. The standard InChI is InChI=1S/C25H18N2O4/c28-22-12-10-16(27(30)31)13-19(22)24(20-14-26-21-8-4-3-7-18(20)21)25-17-6-2-1-5-15(17)9-11-23(25)29/h1-14,24,26,28-29H. The van der Waals surface area contributed by atoms with Crippen molar-refractivity contribution in [3.63, 3.8) is 0 Å². The zero-order valence-corrected chi connectivity index (χ0v) is 16.3. The number of aromatic nitrogens is 1. The van der Waals surface area contributed by atoms with E-state index in [-0.39, 0.29) is 17.2 Å². The van der Waals surface area contributed by atoms with Gasteiger partial charge in [0.15, 0.2) is 0 Å². The number of H-pyrrole nitrogens is 1. The van der Waals surface area contributed by atoms with Gasteiger partial charge in [-0.1, -0.05) is 48.5 Å². The fourth-order valence-electron chi connectivity index (χ4n) is 4.29. The molecule has 1 unspecified atom stereocenters.